The number of nitrogens with zero attached hydrogens (tertiary/aromatic N) is 1. The van der Waals surface area contributed by atoms with Crippen LogP contribution in [0.15, 0.2) is 36.4 Å². The van der Waals surface area contributed by atoms with Gasteiger partial charge < -0.3 is 20.6 Å². The van der Waals surface area contributed by atoms with Crippen LogP contribution in [0.1, 0.15) is 22.6 Å². The maximum atomic E-state index is 11.7. The molecule has 1 atom stereocenters. The van der Waals surface area contributed by atoms with E-state index in [2.05, 4.69) is 15.5 Å². The SMILES string of the molecule is CN1Cc2c(Cl)cc(Cl)cc2[C@@H](c2ccc(NC(=O)NCC(=O)O)cc2)C1. The fraction of sp³-hybridized carbons (Fsp3) is 0.263. The number of likely N-dealkylation sites (N-methyl/N-ethyl adjacent to an activating group) is 1. The van der Waals surface area contributed by atoms with E-state index >= 15 is 0 Å². The molecule has 1 aliphatic heterocycles. The van der Waals surface area contributed by atoms with Crippen LogP contribution in [-0.4, -0.2) is 42.1 Å². The minimum absolute atomic E-state index is 0.116. The van der Waals surface area contributed by atoms with Crippen molar-refractivity contribution in [2.75, 3.05) is 25.5 Å². The van der Waals surface area contributed by atoms with Gasteiger partial charge in [0.15, 0.2) is 0 Å². The lowest BCUT2D eigenvalue weighted by Crippen LogP contribution is -2.33. The van der Waals surface area contributed by atoms with Gasteiger partial charge in [-0.05, 0) is 48.0 Å². The minimum atomic E-state index is -1.10. The number of nitrogens with one attached hydrogen (secondary N) is 2. The Morgan fingerprint density at radius 3 is 2.59 bits per heavy atom. The summed E-state index contributed by atoms with van der Waals surface area (Å²) in [5, 5.41) is 14.7. The molecule has 3 rings (SSSR count). The number of benzene rings is 2. The lowest BCUT2D eigenvalue weighted by atomic mass is 9.85. The van der Waals surface area contributed by atoms with Crippen LogP contribution in [0.2, 0.25) is 10.0 Å². The average molecular weight is 408 g/mol. The van der Waals surface area contributed by atoms with Crippen LogP contribution in [0.4, 0.5) is 10.5 Å². The molecule has 0 radical (unpaired) electrons. The molecule has 142 valence electrons. The third kappa shape index (κ3) is 4.71. The van der Waals surface area contributed by atoms with Crippen LogP contribution < -0.4 is 10.6 Å². The van der Waals surface area contributed by atoms with Crippen molar-refractivity contribution in [3.8, 4) is 0 Å². The van der Waals surface area contributed by atoms with Crippen LogP contribution in [0.5, 0.6) is 0 Å². The number of carbonyl (C=O) groups excluding carboxylic acids is 1. The zero-order valence-electron chi connectivity index (χ0n) is 14.6. The number of amides is 2. The van der Waals surface area contributed by atoms with Crippen molar-refractivity contribution in [3.05, 3.63) is 63.1 Å². The van der Waals surface area contributed by atoms with Crippen molar-refractivity contribution < 1.29 is 14.7 Å². The Bertz CT molecular complexity index is 871. The van der Waals surface area contributed by atoms with E-state index in [0.717, 1.165) is 29.8 Å². The highest BCUT2D eigenvalue weighted by Crippen LogP contribution is 2.38. The van der Waals surface area contributed by atoms with Gasteiger partial charge in [0.2, 0.25) is 0 Å². The molecule has 0 unspecified atom stereocenters. The highest BCUT2D eigenvalue weighted by molar-refractivity contribution is 6.35. The lowest BCUT2D eigenvalue weighted by Gasteiger charge is -2.33. The molecule has 2 aromatic rings. The van der Waals surface area contributed by atoms with Crippen molar-refractivity contribution in [2.45, 2.75) is 12.5 Å². The van der Waals surface area contributed by atoms with Crippen LogP contribution in [0, 0.1) is 0 Å². The van der Waals surface area contributed by atoms with Gasteiger partial charge in [-0.3, -0.25) is 4.79 Å². The first-order valence-electron chi connectivity index (χ1n) is 8.36. The summed E-state index contributed by atoms with van der Waals surface area (Å²) in [5.74, 6) is -0.984. The Morgan fingerprint density at radius 1 is 1.22 bits per heavy atom. The van der Waals surface area contributed by atoms with E-state index < -0.39 is 18.5 Å². The van der Waals surface area contributed by atoms with Crippen molar-refractivity contribution in [3.63, 3.8) is 0 Å². The second kappa shape index (κ2) is 8.17. The Kier molecular flexibility index (Phi) is 5.89. The topological polar surface area (TPSA) is 81.7 Å². The molecule has 0 saturated heterocycles. The Labute approximate surface area is 167 Å². The smallest absolute Gasteiger partial charge is 0.323 e. The van der Waals surface area contributed by atoms with Gasteiger partial charge >= 0.3 is 12.0 Å². The normalized spacial score (nSPS) is 16.5. The highest BCUT2D eigenvalue weighted by atomic mass is 35.5. The summed E-state index contributed by atoms with van der Waals surface area (Å²) in [7, 11) is 2.05. The summed E-state index contributed by atoms with van der Waals surface area (Å²) in [4.78, 5) is 24.4. The van der Waals surface area contributed by atoms with Gasteiger partial charge in [0.25, 0.3) is 0 Å². The second-order valence-corrected chi connectivity index (χ2v) is 7.37. The molecule has 0 aromatic heterocycles. The second-order valence-electron chi connectivity index (χ2n) is 6.53. The maximum absolute atomic E-state index is 11.7. The summed E-state index contributed by atoms with van der Waals surface area (Å²) < 4.78 is 0. The van der Waals surface area contributed by atoms with Crippen LogP contribution in [0.3, 0.4) is 0 Å². The predicted octanol–water partition coefficient (Wildman–Crippen LogP) is 3.78. The van der Waals surface area contributed by atoms with E-state index in [1.807, 2.05) is 25.2 Å². The van der Waals surface area contributed by atoms with Crippen molar-refractivity contribution in [1.82, 2.24) is 10.2 Å². The first kappa shape index (κ1) is 19.5. The van der Waals surface area contributed by atoms with Gasteiger partial charge in [0.05, 0.1) is 0 Å². The van der Waals surface area contributed by atoms with E-state index in [-0.39, 0.29) is 5.92 Å². The summed E-state index contributed by atoms with van der Waals surface area (Å²) in [6, 6.07) is 10.6. The van der Waals surface area contributed by atoms with Gasteiger partial charge in [0.1, 0.15) is 6.54 Å². The summed E-state index contributed by atoms with van der Waals surface area (Å²) in [6.45, 7) is 1.16. The molecular formula is C19H19Cl2N3O3. The van der Waals surface area contributed by atoms with Crippen molar-refractivity contribution >= 4 is 40.9 Å². The monoisotopic (exact) mass is 407 g/mol. The molecule has 0 bridgehead atoms. The molecule has 1 heterocycles. The first-order chi connectivity index (χ1) is 12.8. The quantitative estimate of drug-likeness (QED) is 0.720. The number of halogens is 2. The fourth-order valence-electron chi connectivity index (χ4n) is 3.26. The summed E-state index contributed by atoms with van der Waals surface area (Å²) in [5.41, 5.74) is 3.85. The number of hydrogen-bond acceptors (Lipinski definition) is 3. The van der Waals surface area contributed by atoms with E-state index in [9.17, 15) is 9.59 Å². The highest BCUT2D eigenvalue weighted by Gasteiger charge is 2.27. The average Bonchev–Trinajstić information content (AvgIpc) is 2.61. The Hall–Kier alpha value is -2.28. The molecule has 0 fully saturated rings. The van der Waals surface area contributed by atoms with E-state index in [0.29, 0.717) is 15.7 Å². The lowest BCUT2D eigenvalue weighted by molar-refractivity contribution is -0.135. The minimum Gasteiger partial charge on any atom is -0.480 e. The molecule has 1 aliphatic rings. The number of rotatable bonds is 4. The van der Waals surface area contributed by atoms with E-state index in [1.54, 1.807) is 18.2 Å². The molecule has 3 N–H and O–H groups in total. The van der Waals surface area contributed by atoms with Gasteiger partial charge in [0, 0.05) is 34.7 Å². The van der Waals surface area contributed by atoms with Crippen LogP contribution >= 0.6 is 23.2 Å². The summed E-state index contributed by atoms with van der Waals surface area (Å²) in [6.07, 6.45) is 0. The first-order valence-corrected chi connectivity index (χ1v) is 9.12. The number of aliphatic carboxylic acids is 1. The molecule has 27 heavy (non-hydrogen) atoms. The number of fused-ring (bicyclic) bond motifs is 1. The number of carbonyl (C=O) groups is 2. The third-order valence-corrected chi connectivity index (χ3v) is 5.02. The van der Waals surface area contributed by atoms with Crippen LogP contribution in [-0.2, 0) is 11.3 Å². The number of urea groups is 1. The standard InChI is InChI=1S/C19H19Cl2N3O3/c1-24-9-15(14-6-12(20)7-17(21)16(14)10-24)11-2-4-13(5-3-11)23-19(27)22-8-18(25)26/h2-7,15H,8-10H2,1H3,(H,25,26)(H2,22,23,27)/t15-/m1/s1. The largest absolute Gasteiger partial charge is 0.480 e. The Morgan fingerprint density at radius 2 is 1.93 bits per heavy atom. The molecule has 0 aliphatic carbocycles. The molecule has 0 saturated carbocycles. The fourth-order valence-corrected chi connectivity index (χ4v) is 3.83. The third-order valence-electron chi connectivity index (χ3n) is 4.46. The number of carboxylic acids is 1. The molecule has 2 amide bonds. The Balaban J connectivity index is 1.80. The molecule has 2 aromatic carbocycles. The molecular weight excluding hydrogens is 389 g/mol. The van der Waals surface area contributed by atoms with Crippen molar-refractivity contribution in [2.24, 2.45) is 0 Å². The van der Waals surface area contributed by atoms with Gasteiger partial charge in [-0.1, -0.05) is 35.3 Å². The van der Waals surface area contributed by atoms with Crippen molar-refractivity contribution in [1.29, 1.82) is 0 Å². The maximum Gasteiger partial charge on any atom is 0.323 e. The predicted molar refractivity (Wildman–Crippen MR) is 106 cm³/mol. The molecule has 0 spiro atoms. The van der Waals surface area contributed by atoms with E-state index in [4.69, 9.17) is 28.3 Å². The number of hydrogen-bond donors (Lipinski definition) is 3. The molecule has 8 heteroatoms. The zero-order valence-corrected chi connectivity index (χ0v) is 16.1. The van der Waals surface area contributed by atoms with Gasteiger partial charge in [-0.15, -0.1) is 0 Å². The zero-order chi connectivity index (χ0) is 19.6. The number of carboxylic acid groups (broad SMARTS) is 1. The van der Waals surface area contributed by atoms with E-state index in [1.165, 1.54) is 0 Å². The van der Waals surface area contributed by atoms with Gasteiger partial charge in [-0.2, -0.15) is 0 Å². The summed E-state index contributed by atoms with van der Waals surface area (Å²) >= 11 is 12.6. The van der Waals surface area contributed by atoms with Gasteiger partial charge in [-0.25, -0.2) is 4.79 Å². The molecule has 6 nitrogen and oxygen atoms in total. The van der Waals surface area contributed by atoms with Crippen LogP contribution in [0.25, 0.3) is 0 Å². The number of anilines is 1.